The summed E-state index contributed by atoms with van der Waals surface area (Å²) >= 11 is 1.69. The zero-order valence-corrected chi connectivity index (χ0v) is 20.7. The third kappa shape index (κ3) is 5.89. The molecule has 2 aromatic carbocycles. The molecular weight excluding hydrogens is 467 g/mol. The standard InChI is InChI=1S/C27H29FN2O4S/c1-19-5-3-4-6-24(19)34-18-23-22-12-16-35-25(22)11-13-30(23)26(31)17-29(14-15-33-2)27(32)20-7-9-21(28)10-8-20/h3-10,12,16,23H,11,13-15,17-18H2,1-2H3/t23-/m1/s1. The number of halogens is 1. The van der Waals surface area contributed by atoms with Gasteiger partial charge >= 0.3 is 0 Å². The van der Waals surface area contributed by atoms with Gasteiger partial charge in [-0.1, -0.05) is 18.2 Å². The lowest BCUT2D eigenvalue weighted by molar-refractivity contribution is -0.135. The molecule has 0 fully saturated rings. The van der Waals surface area contributed by atoms with Crippen LogP contribution in [0.15, 0.2) is 60.0 Å². The Kier molecular flexibility index (Phi) is 8.15. The smallest absolute Gasteiger partial charge is 0.254 e. The van der Waals surface area contributed by atoms with E-state index < -0.39 is 5.82 Å². The highest BCUT2D eigenvalue weighted by molar-refractivity contribution is 7.10. The predicted octanol–water partition coefficient (Wildman–Crippen LogP) is 4.49. The lowest BCUT2D eigenvalue weighted by atomic mass is 10.00. The number of amides is 2. The maximum Gasteiger partial charge on any atom is 0.254 e. The maximum absolute atomic E-state index is 13.6. The molecule has 1 aliphatic heterocycles. The molecule has 0 spiro atoms. The number of hydrogen-bond acceptors (Lipinski definition) is 5. The maximum atomic E-state index is 13.6. The third-order valence-corrected chi connectivity index (χ3v) is 7.17. The number of hydrogen-bond donors (Lipinski definition) is 0. The normalized spacial score (nSPS) is 14.9. The topological polar surface area (TPSA) is 59.1 Å². The molecule has 1 aliphatic rings. The fraction of sp³-hybridized carbons (Fsp3) is 0.333. The fourth-order valence-corrected chi connectivity index (χ4v) is 5.17. The van der Waals surface area contributed by atoms with Crippen LogP contribution in [0.4, 0.5) is 4.39 Å². The van der Waals surface area contributed by atoms with Crippen molar-refractivity contribution < 1.29 is 23.5 Å². The Morgan fingerprint density at radius 1 is 1.14 bits per heavy atom. The SMILES string of the molecule is COCCN(CC(=O)N1CCc2sccc2[C@H]1COc1ccccc1C)C(=O)c1ccc(F)cc1. The molecule has 2 heterocycles. The minimum atomic E-state index is -0.419. The summed E-state index contributed by atoms with van der Waals surface area (Å²) in [6.07, 6.45) is 0.767. The molecule has 0 saturated heterocycles. The Balaban J connectivity index is 1.53. The van der Waals surface area contributed by atoms with Crippen LogP contribution in [0.3, 0.4) is 0 Å². The van der Waals surface area contributed by atoms with Gasteiger partial charge in [0.15, 0.2) is 0 Å². The van der Waals surface area contributed by atoms with Crippen molar-refractivity contribution in [1.29, 1.82) is 0 Å². The molecule has 2 amide bonds. The van der Waals surface area contributed by atoms with Crippen molar-refractivity contribution in [3.8, 4) is 5.75 Å². The first-order chi connectivity index (χ1) is 17.0. The number of rotatable bonds is 9. The fourth-order valence-electron chi connectivity index (χ4n) is 4.24. The molecule has 35 heavy (non-hydrogen) atoms. The average Bonchev–Trinajstić information content (AvgIpc) is 3.35. The Bertz CT molecular complexity index is 1160. The van der Waals surface area contributed by atoms with Crippen LogP contribution in [-0.2, 0) is 16.0 Å². The van der Waals surface area contributed by atoms with E-state index in [0.717, 1.165) is 23.3 Å². The van der Waals surface area contributed by atoms with Gasteiger partial charge < -0.3 is 19.3 Å². The van der Waals surface area contributed by atoms with Crippen molar-refractivity contribution in [2.45, 2.75) is 19.4 Å². The first kappa shape index (κ1) is 24.9. The number of thiophene rings is 1. The minimum Gasteiger partial charge on any atom is -0.491 e. The first-order valence-corrected chi connectivity index (χ1v) is 12.4. The Labute approximate surface area is 208 Å². The van der Waals surface area contributed by atoms with Gasteiger partial charge in [0.25, 0.3) is 5.91 Å². The summed E-state index contributed by atoms with van der Waals surface area (Å²) in [5, 5.41) is 2.04. The van der Waals surface area contributed by atoms with Crippen molar-refractivity contribution >= 4 is 23.2 Å². The van der Waals surface area contributed by atoms with E-state index in [9.17, 15) is 14.0 Å². The van der Waals surface area contributed by atoms with Gasteiger partial charge in [-0.3, -0.25) is 9.59 Å². The van der Waals surface area contributed by atoms with E-state index in [-0.39, 0.29) is 37.6 Å². The molecule has 0 bridgehead atoms. The molecule has 0 saturated carbocycles. The molecule has 3 aromatic rings. The minimum absolute atomic E-state index is 0.0973. The lowest BCUT2D eigenvalue weighted by Crippen LogP contribution is -2.48. The molecule has 0 unspecified atom stereocenters. The van der Waals surface area contributed by atoms with Gasteiger partial charge in [0.1, 0.15) is 24.7 Å². The molecule has 0 N–H and O–H groups in total. The number of methoxy groups -OCH3 is 1. The summed E-state index contributed by atoms with van der Waals surface area (Å²) in [4.78, 5) is 31.2. The van der Waals surface area contributed by atoms with Crippen LogP contribution in [-0.4, -0.2) is 61.6 Å². The van der Waals surface area contributed by atoms with Crippen LogP contribution < -0.4 is 4.74 Å². The summed E-state index contributed by atoms with van der Waals surface area (Å²) in [6, 6.07) is 14.9. The van der Waals surface area contributed by atoms with E-state index in [4.69, 9.17) is 9.47 Å². The zero-order valence-electron chi connectivity index (χ0n) is 19.9. The van der Waals surface area contributed by atoms with Crippen LogP contribution in [0.5, 0.6) is 5.75 Å². The number of carbonyl (C=O) groups excluding carboxylic acids is 2. The van der Waals surface area contributed by atoms with E-state index >= 15 is 0 Å². The molecule has 0 aliphatic carbocycles. The Hall–Kier alpha value is -3.23. The number of para-hydroxylation sites is 1. The second-order valence-corrected chi connectivity index (χ2v) is 9.46. The van der Waals surface area contributed by atoms with Crippen LogP contribution in [0.2, 0.25) is 0 Å². The third-order valence-electron chi connectivity index (χ3n) is 6.18. The molecule has 1 aromatic heterocycles. The summed E-state index contributed by atoms with van der Waals surface area (Å²) in [7, 11) is 1.55. The summed E-state index contributed by atoms with van der Waals surface area (Å²) in [5.74, 6) is -0.129. The summed E-state index contributed by atoms with van der Waals surface area (Å²) in [6.45, 7) is 3.31. The summed E-state index contributed by atoms with van der Waals surface area (Å²) in [5.41, 5.74) is 2.45. The second-order valence-electron chi connectivity index (χ2n) is 8.45. The highest BCUT2D eigenvalue weighted by atomic mass is 32.1. The van der Waals surface area contributed by atoms with E-state index in [1.165, 1.54) is 34.0 Å². The highest BCUT2D eigenvalue weighted by Crippen LogP contribution is 2.34. The number of fused-ring (bicyclic) bond motifs is 1. The van der Waals surface area contributed by atoms with E-state index in [1.54, 1.807) is 18.4 Å². The number of aryl methyl sites for hydroxylation is 1. The lowest BCUT2D eigenvalue weighted by Gasteiger charge is -2.37. The average molecular weight is 497 g/mol. The monoisotopic (exact) mass is 496 g/mol. The van der Waals surface area contributed by atoms with Gasteiger partial charge in [0, 0.05) is 30.6 Å². The first-order valence-electron chi connectivity index (χ1n) is 11.6. The van der Waals surface area contributed by atoms with Gasteiger partial charge in [-0.05, 0) is 66.2 Å². The molecule has 1 atom stereocenters. The molecule has 6 nitrogen and oxygen atoms in total. The number of carbonyl (C=O) groups is 2. The van der Waals surface area contributed by atoms with Gasteiger partial charge in [0.2, 0.25) is 5.91 Å². The Morgan fingerprint density at radius 3 is 2.66 bits per heavy atom. The van der Waals surface area contributed by atoms with Crippen molar-refractivity contribution in [3.05, 3.63) is 87.4 Å². The van der Waals surface area contributed by atoms with Crippen molar-refractivity contribution in [1.82, 2.24) is 9.80 Å². The number of ether oxygens (including phenoxy) is 2. The zero-order chi connectivity index (χ0) is 24.8. The largest absolute Gasteiger partial charge is 0.491 e. The Morgan fingerprint density at radius 2 is 1.91 bits per heavy atom. The van der Waals surface area contributed by atoms with E-state index in [1.807, 2.05) is 41.5 Å². The predicted molar refractivity (Wildman–Crippen MR) is 133 cm³/mol. The second kappa shape index (κ2) is 11.5. The molecular formula is C27H29FN2O4S. The van der Waals surface area contributed by atoms with Crippen LogP contribution in [0.1, 0.15) is 32.4 Å². The number of benzene rings is 2. The van der Waals surface area contributed by atoms with Gasteiger partial charge in [-0.15, -0.1) is 11.3 Å². The van der Waals surface area contributed by atoms with Crippen LogP contribution in [0.25, 0.3) is 0 Å². The molecule has 4 rings (SSSR count). The van der Waals surface area contributed by atoms with E-state index in [2.05, 4.69) is 6.07 Å². The molecule has 184 valence electrons. The number of nitrogens with zero attached hydrogens (tertiary/aromatic N) is 2. The van der Waals surface area contributed by atoms with Gasteiger partial charge in [0.05, 0.1) is 12.6 Å². The summed E-state index contributed by atoms with van der Waals surface area (Å²) < 4.78 is 24.7. The van der Waals surface area contributed by atoms with E-state index in [0.29, 0.717) is 18.7 Å². The highest BCUT2D eigenvalue weighted by Gasteiger charge is 2.33. The van der Waals surface area contributed by atoms with Crippen molar-refractivity contribution in [3.63, 3.8) is 0 Å². The molecule has 0 radical (unpaired) electrons. The van der Waals surface area contributed by atoms with Crippen LogP contribution >= 0.6 is 11.3 Å². The molecule has 8 heteroatoms. The quantitative estimate of drug-likeness (QED) is 0.438. The van der Waals surface area contributed by atoms with Crippen molar-refractivity contribution in [2.75, 3.05) is 40.0 Å². The van der Waals surface area contributed by atoms with Crippen LogP contribution in [0, 0.1) is 12.7 Å². The van der Waals surface area contributed by atoms with Crippen molar-refractivity contribution in [2.24, 2.45) is 0 Å². The van der Waals surface area contributed by atoms with Gasteiger partial charge in [-0.25, -0.2) is 4.39 Å². The van der Waals surface area contributed by atoms with Gasteiger partial charge in [-0.2, -0.15) is 0 Å².